The van der Waals surface area contributed by atoms with Gasteiger partial charge in [0, 0.05) is 24.7 Å². The van der Waals surface area contributed by atoms with Crippen LogP contribution in [-0.2, 0) is 32.0 Å². The van der Waals surface area contributed by atoms with E-state index in [0.717, 1.165) is 0 Å². The van der Waals surface area contributed by atoms with E-state index < -0.39 is 48.4 Å². The van der Waals surface area contributed by atoms with Crippen molar-refractivity contribution in [1.29, 1.82) is 0 Å². The summed E-state index contributed by atoms with van der Waals surface area (Å²) in [5.74, 6) is -3.34. The highest BCUT2D eigenvalue weighted by Gasteiger charge is 2.27. The van der Waals surface area contributed by atoms with Gasteiger partial charge < -0.3 is 36.9 Å². The van der Waals surface area contributed by atoms with Gasteiger partial charge in [0.25, 0.3) is 0 Å². The van der Waals surface area contributed by atoms with Gasteiger partial charge in [0.2, 0.25) is 17.7 Å². The Hall–Kier alpha value is -3.93. The molecule has 3 atom stereocenters. The number of hydrogen-bond acceptors (Lipinski definition) is 7. The molecule has 2 aromatic rings. The number of carbonyl (C=O) groups excluding carboxylic acids is 3. The summed E-state index contributed by atoms with van der Waals surface area (Å²) in [6.45, 7) is 2.98. The van der Waals surface area contributed by atoms with Crippen molar-refractivity contribution < 1.29 is 29.4 Å². The molecule has 12 heteroatoms. The van der Waals surface area contributed by atoms with Crippen LogP contribution in [0, 0.1) is 5.92 Å². The first-order valence-corrected chi connectivity index (χ1v) is 10.7. The van der Waals surface area contributed by atoms with Crippen LogP contribution in [0.3, 0.4) is 0 Å². The molecule has 34 heavy (non-hydrogen) atoms. The van der Waals surface area contributed by atoms with Crippen molar-refractivity contribution in [2.24, 2.45) is 11.7 Å². The summed E-state index contributed by atoms with van der Waals surface area (Å²) < 4.78 is 0. The van der Waals surface area contributed by atoms with Gasteiger partial charge in [-0.3, -0.25) is 14.4 Å². The molecule has 2 rings (SSSR count). The molecular weight excluding hydrogens is 444 g/mol. The van der Waals surface area contributed by atoms with Crippen LogP contribution in [0.2, 0.25) is 0 Å². The van der Waals surface area contributed by atoms with Gasteiger partial charge in [0.15, 0.2) is 0 Å². The molecule has 3 amide bonds. The van der Waals surface area contributed by atoms with Gasteiger partial charge in [-0.1, -0.05) is 26.0 Å². The van der Waals surface area contributed by atoms with Gasteiger partial charge in [-0.05, 0) is 23.6 Å². The zero-order chi connectivity index (χ0) is 25.3. The molecule has 184 valence electrons. The number of aromatic amines is 1. The average Bonchev–Trinajstić information content (AvgIpc) is 3.29. The number of benzene rings is 1. The molecule has 12 nitrogen and oxygen atoms in total. The number of phenolic OH excluding ortho intramolecular Hbond substituents is 1. The zero-order valence-corrected chi connectivity index (χ0v) is 18.9. The molecule has 0 radical (unpaired) electrons. The number of nitrogens with one attached hydrogen (secondary N) is 4. The van der Waals surface area contributed by atoms with E-state index in [2.05, 4.69) is 25.9 Å². The number of phenols is 1. The van der Waals surface area contributed by atoms with E-state index in [4.69, 9.17) is 5.73 Å². The van der Waals surface area contributed by atoms with E-state index in [9.17, 15) is 29.4 Å². The Morgan fingerprint density at radius 3 is 2.29 bits per heavy atom. The fourth-order valence-corrected chi connectivity index (χ4v) is 3.11. The van der Waals surface area contributed by atoms with Crippen LogP contribution in [0.15, 0.2) is 36.8 Å². The maximum atomic E-state index is 12.6. The number of nitrogens with two attached hydrogens (primary N) is 1. The monoisotopic (exact) mass is 474 g/mol. The van der Waals surface area contributed by atoms with Crippen LogP contribution in [0.4, 0.5) is 0 Å². The fraction of sp³-hybridized carbons (Fsp3) is 0.409. The predicted octanol–water partition coefficient (Wildman–Crippen LogP) is -0.946. The number of carbonyl (C=O) groups is 4. The van der Waals surface area contributed by atoms with Crippen molar-refractivity contribution in [3.8, 4) is 5.75 Å². The van der Waals surface area contributed by atoms with E-state index in [1.807, 2.05) is 0 Å². The van der Waals surface area contributed by atoms with Gasteiger partial charge in [0.05, 0.1) is 18.9 Å². The SMILES string of the molecule is CC(C)C(NC(=O)C(N)Cc1cnc[nH]1)C(=O)NCC(=O)NC(Cc1ccc(O)cc1)C(=O)O. The van der Waals surface area contributed by atoms with Crippen LogP contribution in [0.1, 0.15) is 25.1 Å². The normalized spacial score (nSPS) is 13.5. The minimum Gasteiger partial charge on any atom is -0.508 e. The third-order valence-electron chi connectivity index (χ3n) is 5.01. The second kappa shape index (κ2) is 12.3. The quantitative estimate of drug-likeness (QED) is 0.204. The number of carboxylic acids is 1. The van der Waals surface area contributed by atoms with Crippen molar-refractivity contribution in [2.75, 3.05) is 6.54 Å². The Balaban J connectivity index is 1.88. The number of carboxylic acid groups (broad SMARTS) is 1. The summed E-state index contributed by atoms with van der Waals surface area (Å²) in [6.07, 6.45) is 3.21. The molecule has 1 heterocycles. The first kappa shape index (κ1) is 26.3. The lowest BCUT2D eigenvalue weighted by atomic mass is 10.0. The van der Waals surface area contributed by atoms with Crippen molar-refractivity contribution in [3.63, 3.8) is 0 Å². The van der Waals surface area contributed by atoms with Crippen LogP contribution in [0.25, 0.3) is 0 Å². The maximum Gasteiger partial charge on any atom is 0.326 e. The molecule has 0 aliphatic rings. The van der Waals surface area contributed by atoms with Crippen LogP contribution in [-0.4, -0.2) is 68.5 Å². The second-order valence-electron chi connectivity index (χ2n) is 8.16. The topological polar surface area (TPSA) is 200 Å². The summed E-state index contributed by atoms with van der Waals surface area (Å²) in [5.41, 5.74) is 7.18. The molecule has 0 fully saturated rings. The number of nitrogens with zero attached hydrogens (tertiary/aromatic N) is 1. The minimum absolute atomic E-state index is 0.00576. The molecule has 0 spiro atoms. The number of H-pyrrole nitrogens is 1. The number of aliphatic carboxylic acids is 1. The molecule has 0 bridgehead atoms. The molecule has 0 saturated carbocycles. The second-order valence-corrected chi connectivity index (χ2v) is 8.16. The van der Waals surface area contributed by atoms with Gasteiger partial charge in [-0.25, -0.2) is 9.78 Å². The van der Waals surface area contributed by atoms with Crippen molar-refractivity contribution >= 4 is 23.7 Å². The third-order valence-corrected chi connectivity index (χ3v) is 5.01. The standard InChI is InChI=1S/C22H30N6O6/c1-12(2)19(28-20(31)16(23)8-14-9-24-11-26-14)21(32)25-10-18(30)27-17(22(33)34)7-13-3-5-15(29)6-4-13/h3-6,9,11-12,16-17,19,29H,7-8,10,23H2,1-2H3,(H,24,26)(H,25,32)(H,27,30)(H,28,31)(H,33,34). The Kier molecular flexibility index (Phi) is 9.56. The third kappa shape index (κ3) is 8.20. The first-order valence-electron chi connectivity index (χ1n) is 10.7. The number of hydrogen-bond donors (Lipinski definition) is 7. The van der Waals surface area contributed by atoms with Crippen LogP contribution in [0.5, 0.6) is 5.75 Å². The summed E-state index contributed by atoms with van der Waals surface area (Å²) in [5, 5.41) is 26.1. The molecule has 8 N–H and O–H groups in total. The number of rotatable bonds is 12. The number of aromatic nitrogens is 2. The van der Waals surface area contributed by atoms with Gasteiger partial charge in [-0.15, -0.1) is 0 Å². The zero-order valence-electron chi connectivity index (χ0n) is 18.9. The lowest BCUT2D eigenvalue weighted by molar-refractivity contribution is -0.141. The van der Waals surface area contributed by atoms with Gasteiger partial charge in [-0.2, -0.15) is 0 Å². The van der Waals surface area contributed by atoms with E-state index >= 15 is 0 Å². The number of imidazole rings is 1. The van der Waals surface area contributed by atoms with Gasteiger partial charge >= 0.3 is 5.97 Å². The first-order chi connectivity index (χ1) is 16.1. The van der Waals surface area contributed by atoms with E-state index in [-0.39, 0.29) is 24.5 Å². The molecule has 0 aliphatic heterocycles. The van der Waals surface area contributed by atoms with Crippen molar-refractivity contribution in [3.05, 3.63) is 48.0 Å². The minimum atomic E-state index is -1.24. The maximum absolute atomic E-state index is 12.6. The number of amides is 3. The van der Waals surface area contributed by atoms with E-state index in [0.29, 0.717) is 11.3 Å². The lowest BCUT2D eigenvalue weighted by Gasteiger charge is -2.23. The Bertz CT molecular complexity index is 976. The van der Waals surface area contributed by atoms with E-state index in [1.165, 1.54) is 18.5 Å². The fourth-order valence-electron chi connectivity index (χ4n) is 3.11. The van der Waals surface area contributed by atoms with Crippen molar-refractivity contribution in [1.82, 2.24) is 25.9 Å². The van der Waals surface area contributed by atoms with Crippen LogP contribution >= 0.6 is 0 Å². The Labute approximate surface area is 196 Å². The largest absolute Gasteiger partial charge is 0.508 e. The Morgan fingerprint density at radius 1 is 1.06 bits per heavy atom. The molecule has 1 aromatic heterocycles. The Morgan fingerprint density at radius 2 is 1.74 bits per heavy atom. The van der Waals surface area contributed by atoms with Gasteiger partial charge in [0.1, 0.15) is 17.8 Å². The summed E-state index contributed by atoms with van der Waals surface area (Å²) >= 11 is 0. The van der Waals surface area contributed by atoms with Crippen molar-refractivity contribution in [2.45, 2.75) is 44.8 Å². The molecule has 3 unspecified atom stereocenters. The molecule has 1 aromatic carbocycles. The highest BCUT2D eigenvalue weighted by Crippen LogP contribution is 2.11. The highest BCUT2D eigenvalue weighted by molar-refractivity contribution is 5.92. The predicted molar refractivity (Wildman–Crippen MR) is 121 cm³/mol. The summed E-state index contributed by atoms with van der Waals surface area (Å²) in [7, 11) is 0. The number of aromatic hydroxyl groups is 1. The summed E-state index contributed by atoms with van der Waals surface area (Å²) in [6, 6.07) is 2.84. The summed E-state index contributed by atoms with van der Waals surface area (Å²) in [4.78, 5) is 55.5. The smallest absolute Gasteiger partial charge is 0.326 e. The molecule has 0 aliphatic carbocycles. The average molecular weight is 475 g/mol. The highest BCUT2D eigenvalue weighted by atomic mass is 16.4. The molecular formula is C22H30N6O6. The molecule has 0 saturated heterocycles. The van der Waals surface area contributed by atoms with Crippen LogP contribution < -0.4 is 21.7 Å². The van der Waals surface area contributed by atoms with E-state index in [1.54, 1.807) is 32.2 Å². The lowest BCUT2D eigenvalue weighted by Crippen LogP contribution is -2.55.